The Kier molecular flexibility index (Phi) is 3.37. The van der Waals surface area contributed by atoms with Crippen LogP contribution in [0.4, 0.5) is 0 Å². The first-order chi connectivity index (χ1) is 8.20. The Morgan fingerprint density at radius 1 is 1.47 bits per heavy atom. The molecule has 0 radical (unpaired) electrons. The molecule has 2 aromatic rings. The lowest BCUT2D eigenvalue weighted by atomic mass is 10.2. The number of carbonyl (C=O) groups is 1. The van der Waals surface area contributed by atoms with E-state index in [0.717, 1.165) is 12.0 Å². The monoisotopic (exact) mass is 234 g/mol. The molecule has 17 heavy (non-hydrogen) atoms. The summed E-state index contributed by atoms with van der Waals surface area (Å²) in [6.07, 6.45) is 3.14. The molecule has 0 aliphatic heterocycles. The van der Waals surface area contributed by atoms with Gasteiger partial charge < -0.3 is 8.94 Å². The summed E-state index contributed by atoms with van der Waals surface area (Å²) in [7, 11) is 0. The molecule has 0 amide bonds. The van der Waals surface area contributed by atoms with Gasteiger partial charge in [-0.2, -0.15) is 4.98 Å². The molecule has 90 valence electrons. The van der Waals surface area contributed by atoms with Crippen molar-refractivity contribution in [3.8, 4) is 11.6 Å². The molecule has 0 aliphatic carbocycles. The molecular weight excluding hydrogens is 220 g/mol. The summed E-state index contributed by atoms with van der Waals surface area (Å²) in [4.78, 5) is 15.6. The third-order valence-corrected chi connectivity index (χ3v) is 2.41. The Morgan fingerprint density at radius 3 is 2.94 bits per heavy atom. The fraction of sp³-hybridized carbons (Fsp3) is 0.417. The molecule has 5 heteroatoms. The summed E-state index contributed by atoms with van der Waals surface area (Å²) < 4.78 is 10.3. The fourth-order valence-electron chi connectivity index (χ4n) is 1.56. The molecule has 2 rings (SSSR count). The zero-order valence-corrected chi connectivity index (χ0v) is 9.90. The van der Waals surface area contributed by atoms with Crippen molar-refractivity contribution < 1.29 is 13.7 Å². The Labute approximate surface area is 98.8 Å². The van der Waals surface area contributed by atoms with Gasteiger partial charge in [0.1, 0.15) is 5.78 Å². The average molecular weight is 234 g/mol. The molecule has 0 saturated carbocycles. The molecule has 5 nitrogen and oxygen atoms in total. The van der Waals surface area contributed by atoms with Crippen LogP contribution < -0.4 is 0 Å². The number of aryl methyl sites for hydroxylation is 1. The van der Waals surface area contributed by atoms with Gasteiger partial charge in [0.15, 0.2) is 5.76 Å². The van der Waals surface area contributed by atoms with Crippen LogP contribution in [0.1, 0.15) is 31.2 Å². The van der Waals surface area contributed by atoms with Crippen molar-refractivity contribution in [2.24, 2.45) is 0 Å². The van der Waals surface area contributed by atoms with Crippen LogP contribution in [0.3, 0.4) is 0 Å². The van der Waals surface area contributed by atoms with Crippen LogP contribution in [-0.2, 0) is 11.2 Å². The topological polar surface area (TPSA) is 69.1 Å². The lowest BCUT2D eigenvalue weighted by Gasteiger charge is -1.91. The minimum absolute atomic E-state index is 0.110. The zero-order valence-electron chi connectivity index (χ0n) is 9.90. The standard InChI is InChI=1S/C12H14N2O3/c1-3-4-9(15)7-10-13-12(14-17-10)11-8(2)5-6-16-11/h5-6H,3-4,7H2,1-2H3. The number of carbonyl (C=O) groups excluding carboxylic acids is 1. The smallest absolute Gasteiger partial charge is 0.238 e. The quantitative estimate of drug-likeness (QED) is 0.795. The molecule has 2 aromatic heterocycles. The number of nitrogens with zero attached hydrogens (tertiary/aromatic N) is 2. The van der Waals surface area contributed by atoms with Crippen LogP contribution >= 0.6 is 0 Å². The van der Waals surface area contributed by atoms with Crippen LogP contribution in [0, 0.1) is 6.92 Å². The molecule has 0 aliphatic rings. The van der Waals surface area contributed by atoms with E-state index >= 15 is 0 Å². The molecule has 0 N–H and O–H groups in total. The number of hydrogen-bond acceptors (Lipinski definition) is 5. The summed E-state index contributed by atoms with van der Waals surface area (Å²) in [6.45, 7) is 3.86. The number of furan rings is 1. The molecule has 2 heterocycles. The highest BCUT2D eigenvalue weighted by Crippen LogP contribution is 2.21. The molecular formula is C12H14N2O3. The first-order valence-electron chi connectivity index (χ1n) is 5.59. The van der Waals surface area contributed by atoms with Crippen LogP contribution in [0.25, 0.3) is 11.6 Å². The number of aromatic nitrogens is 2. The van der Waals surface area contributed by atoms with E-state index in [-0.39, 0.29) is 12.2 Å². The lowest BCUT2D eigenvalue weighted by Crippen LogP contribution is -2.01. The highest BCUT2D eigenvalue weighted by molar-refractivity contribution is 5.79. The highest BCUT2D eigenvalue weighted by atomic mass is 16.5. The van der Waals surface area contributed by atoms with Crippen molar-refractivity contribution >= 4 is 5.78 Å². The third kappa shape index (κ3) is 2.61. The van der Waals surface area contributed by atoms with Crippen molar-refractivity contribution in [1.29, 1.82) is 0 Å². The van der Waals surface area contributed by atoms with E-state index in [4.69, 9.17) is 8.94 Å². The summed E-state index contributed by atoms with van der Waals surface area (Å²) in [5, 5.41) is 3.80. The SMILES string of the molecule is CCCC(=O)Cc1nc(-c2occc2C)no1. The summed E-state index contributed by atoms with van der Waals surface area (Å²) in [6, 6.07) is 1.83. The normalized spacial score (nSPS) is 10.7. The second kappa shape index (κ2) is 4.95. The summed E-state index contributed by atoms with van der Waals surface area (Å²) in [5.74, 6) is 1.43. The van der Waals surface area contributed by atoms with Crippen molar-refractivity contribution in [2.45, 2.75) is 33.1 Å². The Bertz CT molecular complexity index is 513. The largest absolute Gasteiger partial charge is 0.461 e. The predicted octanol–water partition coefficient (Wildman–Crippen LogP) is 2.55. The second-order valence-corrected chi connectivity index (χ2v) is 3.91. The van der Waals surface area contributed by atoms with Crippen molar-refractivity contribution in [2.75, 3.05) is 0 Å². The van der Waals surface area contributed by atoms with Crippen LogP contribution in [0.5, 0.6) is 0 Å². The molecule has 0 unspecified atom stereocenters. The van der Waals surface area contributed by atoms with Gasteiger partial charge in [-0.25, -0.2) is 0 Å². The highest BCUT2D eigenvalue weighted by Gasteiger charge is 2.15. The maximum atomic E-state index is 11.4. The maximum absolute atomic E-state index is 11.4. The predicted molar refractivity (Wildman–Crippen MR) is 60.4 cm³/mol. The van der Waals surface area contributed by atoms with E-state index in [1.807, 2.05) is 19.9 Å². The van der Waals surface area contributed by atoms with E-state index in [1.54, 1.807) is 6.26 Å². The second-order valence-electron chi connectivity index (χ2n) is 3.91. The van der Waals surface area contributed by atoms with Gasteiger partial charge in [-0.05, 0) is 25.0 Å². The van der Waals surface area contributed by atoms with E-state index in [2.05, 4.69) is 10.1 Å². The number of Topliss-reactive ketones (excluding diaryl/α,β-unsaturated/α-hetero) is 1. The van der Waals surface area contributed by atoms with Gasteiger partial charge in [0, 0.05) is 6.42 Å². The van der Waals surface area contributed by atoms with Gasteiger partial charge in [-0.1, -0.05) is 12.1 Å². The van der Waals surface area contributed by atoms with Gasteiger partial charge in [-0.15, -0.1) is 0 Å². The Morgan fingerprint density at radius 2 is 2.29 bits per heavy atom. The number of ketones is 1. The average Bonchev–Trinajstić information content (AvgIpc) is 2.87. The molecule has 0 aromatic carbocycles. The van der Waals surface area contributed by atoms with Crippen molar-refractivity contribution in [3.63, 3.8) is 0 Å². The van der Waals surface area contributed by atoms with Gasteiger partial charge in [0.05, 0.1) is 12.7 Å². The van der Waals surface area contributed by atoms with Crippen molar-refractivity contribution in [1.82, 2.24) is 10.1 Å². The van der Waals surface area contributed by atoms with Gasteiger partial charge in [0.25, 0.3) is 0 Å². The molecule has 0 fully saturated rings. The van der Waals surface area contributed by atoms with E-state index < -0.39 is 0 Å². The fourth-order valence-corrected chi connectivity index (χ4v) is 1.56. The molecule has 0 bridgehead atoms. The van der Waals surface area contributed by atoms with Crippen LogP contribution in [-0.4, -0.2) is 15.9 Å². The lowest BCUT2D eigenvalue weighted by molar-refractivity contribution is -0.118. The maximum Gasteiger partial charge on any atom is 0.238 e. The van der Waals surface area contributed by atoms with Gasteiger partial charge in [0.2, 0.25) is 11.7 Å². The van der Waals surface area contributed by atoms with Crippen LogP contribution in [0.2, 0.25) is 0 Å². The van der Waals surface area contributed by atoms with Gasteiger partial charge >= 0.3 is 0 Å². The molecule has 0 spiro atoms. The summed E-state index contributed by atoms with van der Waals surface area (Å²) in [5.41, 5.74) is 0.942. The minimum Gasteiger partial charge on any atom is -0.461 e. The minimum atomic E-state index is 0.110. The van der Waals surface area contributed by atoms with Gasteiger partial charge in [-0.3, -0.25) is 4.79 Å². The van der Waals surface area contributed by atoms with Crippen molar-refractivity contribution in [3.05, 3.63) is 23.8 Å². The van der Waals surface area contributed by atoms with E-state index in [9.17, 15) is 4.79 Å². The Balaban J connectivity index is 2.11. The van der Waals surface area contributed by atoms with E-state index in [0.29, 0.717) is 23.9 Å². The molecule has 0 atom stereocenters. The Hall–Kier alpha value is -1.91. The third-order valence-electron chi connectivity index (χ3n) is 2.41. The number of hydrogen-bond donors (Lipinski definition) is 0. The molecule has 0 saturated heterocycles. The van der Waals surface area contributed by atoms with Crippen LogP contribution in [0.15, 0.2) is 21.3 Å². The summed E-state index contributed by atoms with van der Waals surface area (Å²) >= 11 is 0. The van der Waals surface area contributed by atoms with E-state index in [1.165, 1.54) is 0 Å². The zero-order chi connectivity index (χ0) is 12.3. The number of rotatable bonds is 5. The first kappa shape index (κ1) is 11.6. The first-order valence-corrected chi connectivity index (χ1v) is 5.59.